The molecule has 174 valence electrons. The van der Waals surface area contributed by atoms with Gasteiger partial charge in [0.1, 0.15) is 17.7 Å². The van der Waals surface area contributed by atoms with Crippen molar-refractivity contribution in [3.63, 3.8) is 0 Å². The number of benzene rings is 1. The van der Waals surface area contributed by atoms with Crippen LogP contribution in [0, 0.1) is 11.7 Å². The molecule has 0 radical (unpaired) electrons. The second-order valence-corrected chi connectivity index (χ2v) is 7.61. The van der Waals surface area contributed by atoms with Crippen molar-refractivity contribution in [3.05, 3.63) is 47.9 Å². The van der Waals surface area contributed by atoms with Crippen molar-refractivity contribution in [3.8, 4) is 0 Å². The van der Waals surface area contributed by atoms with Crippen LogP contribution in [0.4, 0.5) is 39.5 Å². The van der Waals surface area contributed by atoms with E-state index in [-0.39, 0.29) is 11.6 Å². The fourth-order valence-electron chi connectivity index (χ4n) is 3.76. The second-order valence-electron chi connectivity index (χ2n) is 7.61. The van der Waals surface area contributed by atoms with Crippen molar-refractivity contribution in [2.45, 2.75) is 18.6 Å². The maximum absolute atomic E-state index is 13.8. The molecule has 2 aliphatic rings. The molecule has 2 atom stereocenters. The Kier molecular flexibility index (Phi) is 5.78. The number of primary amides is 1. The average Bonchev–Trinajstić information content (AvgIpc) is 3.18. The Labute approximate surface area is 185 Å². The molecule has 13 heteroatoms. The van der Waals surface area contributed by atoms with E-state index in [0.717, 1.165) is 5.71 Å². The summed E-state index contributed by atoms with van der Waals surface area (Å²) in [6.45, 7) is 1.07. The monoisotopic (exact) mass is 465 g/mol. The number of urea groups is 1. The van der Waals surface area contributed by atoms with Gasteiger partial charge in [-0.2, -0.15) is 18.3 Å². The molecule has 5 N–H and O–H groups in total. The number of hydrogen-bond acceptors (Lipinski definition) is 6. The van der Waals surface area contributed by atoms with Crippen LogP contribution in [-0.4, -0.2) is 41.8 Å². The first-order valence-corrected chi connectivity index (χ1v) is 9.89. The molecule has 0 saturated carbocycles. The number of aromatic nitrogens is 1. The van der Waals surface area contributed by atoms with Crippen LogP contribution in [0.3, 0.4) is 0 Å². The van der Waals surface area contributed by atoms with Gasteiger partial charge in [0.25, 0.3) is 0 Å². The number of hydrogen-bond donors (Lipinski definition) is 4. The van der Waals surface area contributed by atoms with E-state index >= 15 is 0 Å². The minimum atomic E-state index is -4.67. The number of nitrogens with one attached hydrogen (secondary N) is 3. The third-order valence-corrected chi connectivity index (χ3v) is 5.42. The summed E-state index contributed by atoms with van der Waals surface area (Å²) in [6, 6.07) is 3.50. The Hall–Kier alpha value is -3.90. The highest BCUT2D eigenvalue weighted by Crippen LogP contribution is 2.32. The van der Waals surface area contributed by atoms with Crippen LogP contribution >= 0.6 is 0 Å². The third-order valence-electron chi connectivity index (χ3n) is 5.42. The summed E-state index contributed by atoms with van der Waals surface area (Å²) < 4.78 is 52.2. The molecule has 0 aliphatic carbocycles. The quantitative estimate of drug-likeness (QED) is 0.517. The molecule has 1 aromatic carbocycles. The summed E-state index contributed by atoms with van der Waals surface area (Å²) in [5, 5.41) is 8.65. The van der Waals surface area contributed by atoms with Crippen LogP contribution in [0.1, 0.15) is 12.0 Å². The van der Waals surface area contributed by atoms with Crippen LogP contribution in [-0.2, 0) is 11.0 Å². The molecule has 33 heavy (non-hydrogen) atoms. The largest absolute Gasteiger partial charge is 0.416 e. The zero-order valence-corrected chi connectivity index (χ0v) is 17.0. The molecule has 4 rings (SSSR count). The molecule has 1 fully saturated rings. The minimum Gasteiger partial charge on any atom is -0.368 e. The van der Waals surface area contributed by atoms with Crippen LogP contribution in [0.2, 0.25) is 0 Å². The summed E-state index contributed by atoms with van der Waals surface area (Å²) in [4.78, 5) is 29.8. The molecule has 9 nitrogen and oxygen atoms in total. The zero-order chi connectivity index (χ0) is 23.8. The molecule has 3 heterocycles. The molecule has 3 amide bonds. The minimum absolute atomic E-state index is 0.0559. The van der Waals surface area contributed by atoms with E-state index in [1.165, 1.54) is 6.20 Å². The first kappa shape index (κ1) is 22.3. The highest BCUT2D eigenvalue weighted by molar-refractivity contribution is 6.00. The Morgan fingerprint density at radius 1 is 1.18 bits per heavy atom. The summed E-state index contributed by atoms with van der Waals surface area (Å²) in [6.07, 6.45) is -2.65. The molecule has 0 spiro atoms. The van der Waals surface area contributed by atoms with Gasteiger partial charge >= 0.3 is 12.2 Å². The first-order valence-electron chi connectivity index (χ1n) is 9.89. The van der Waals surface area contributed by atoms with E-state index in [2.05, 4.69) is 26.1 Å². The van der Waals surface area contributed by atoms with Crippen molar-refractivity contribution in [1.29, 1.82) is 0 Å². The molecule has 2 aliphatic heterocycles. The van der Waals surface area contributed by atoms with Gasteiger partial charge < -0.3 is 21.3 Å². The van der Waals surface area contributed by atoms with E-state index in [0.29, 0.717) is 43.5 Å². The fraction of sp³-hybridized carbons (Fsp3) is 0.300. The lowest BCUT2D eigenvalue weighted by Gasteiger charge is -2.32. The standard InChI is InChI=1S/C20H19F4N7O2/c21-13-3-1-10(20(22,23)24)7-14(13)28-19(33)27-11-2-4-16(26-8-11)31-6-5-12-15(9-31)29-30-17(12)18(25)32/h1-4,7-8,12,17,30H,5-6,9H2,(H2,25,32)(H2,27,28,33). The predicted molar refractivity (Wildman–Crippen MR) is 112 cm³/mol. The molecular weight excluding hydrogens is 446 g/mol. The summed E-state index contributed by atoms with van der Waals surface area (Å²) >= 11 is 0. The van der Waals surface area contributed by atoms with Crippen LogP contribution in [0.25, 0.3) is 0 Å². The highest BCUT2D eigenvalue weighted by Gasteiger charge is 2.39. The first-order chi connectivity index (χ1) is 15.6. The lowest BCUT2D eigenvalue weighted by atomic mass is 9.89. The van der Waals surface area contributed by atoms with Gasteiger partial charge in [-0.25, -0.2) is 14.2 Å². The number of alkyl halides is 3. The van der Waals surface area contributed by atoms with Gasteiger partial charge in [0.2, 0.25) is 5.91 Å². The van der Waals surface area contributed by atoms with Gasteiger partial charge in [-0.15, -0.1) is 0 Å². The van der Waals surface area contributed by atoms with Gasteiger partial charge in [0.05, 0.1) is 35.4 Å². The molecular formula is C20H19F4N7O2. The van der Waals surface area contributed by atoms with Gasteiger partial charge in [-0.3, -0.25) is 10.2 Å². The highest BCUT2D eigenvalue weighted by atomic mass is 19.4. The molecule has 2 unspecified atom stereocenters. The SMILES string of the molecule is NC(=O)C1NN=C2CN(c3ccc(NC(=O)Nc4cc(C(F)(F)F)ccc4F)cn3)CCC21. The number of piperidine rings is 1. The van der Waals surface area contributed by atoms with Crippen LogP contribution < -0.4 is 26.7 Å². The second kappa shape index (κ2) is 8.56. The number of amides is 3. The van der Waals surface area contributed by atoms with Crippen LogP contribution in [0.5, 0.6) is 0 Å². The number of nitrogens with two attached hydrogens (primary N) is 1. The third kappa shape index (κ3) is 4.81. The van der Waals surface area contributed by atoms with Crippen LogP contribution in [0.15, 0.2) is 41.6 Å². The van der Waals surface area contributed by atoms with Gasteiger partial charge in [0, 0.05) is 12.5 Å². The number of anilines is 3. The van der Waals surface area contributed by atoms with Crippen molar-refractivity contribution in [1.82, 2.24) is 10.4 Å². The Balaban J connectivity index is 1.37. The van der Waals surface area contributed by atoms with Gasteiger partial charge in [-0.05, 0) is 36.8 Å². The van der Waals surface area contributed by atoms with Crippen molar-refractivity contribution in [2.24, 2.45) is 16.8 Å². The average molecular weight is 465 g/mol. The van der Waals surface area contributed by atoms with E-state index in [1.54, 1.807) is 12.1 Å². The lowest BCUT2D eigenvalue weighted by molar-refractivity contribution is -0.137. The van der Waals surface area contributed by atoms with Gasteiger partial charge in [0.15, 0.2) is 0 Å². The number of fused-ring (bicyclic) bond motifs is 1. The number of hydrazone groups is 1. The Morgan fingerprint density at radius 2 is 1.97 bits per heavy atom. The fourth-order valence-corrected chi connectivity index (χ4v) is 3.76. The molecule has 0 bridgehead atoms. The number of carbonyl (C=O) groups excluding carboxylic acids is 2. The number of carbonyl (C=O) groups is 2. The predicted octanol–water partition coefficient (Wildman–Crippen LogP) is 2.52. The smallest absolute Gasteiger partial charge is 0.368 e. The van der Waals surface area contributed by atoms with E-state index in [9.17, 15) is 27.2 Å². The summed E-state index contributed by atoms with van der Waals surface area (Å²) in [5.74, 6) is -0.907. The molecule has 1 saturated heterocycles. The topological polar surface area (TPSA) is 125 Å². The normalized spacial score (nSPS) is 19.9. The van der Waals surface area contributed by atoms with Crippen molar-refractivity contribution in [2.75, 3.05) is 28.6 Å². The number of nitrogens with zero attached hydrogens (tertiary/aromatic N) is 3. The molecule has 1 aromatic heterocycles. The summed E-state index contributed by atoms with van der Waals surface area (Å²) in [5.41, 5.74) is 7.51. The maximum Gasteiger partial charge on any atom is 0.416 e. The lowest BCUT2D eigenvalue weighted by Crippen LogP contribution is -2.48. The number of rotatable bonds is 4. The maximum atomic E-state index is 13.8. The number of halogens is 4. The zero-order valence-electron chi connectivity index (χ0n) is 17.0. The Bertz CT molecular complexity index is 1100. The van der Waals surface area contributed by atoms with Crippen molar-refractivity contribution < 1.29 is 27.2 Å². The van der Waals surface area contributed by atoms with Crippen molar-refractivity contribution >= 4 is 34.8 Å². The van der Waals surface area contributed by atoms with E-state index in [4.69, 9.17) is 5.73 Å². The van der Waals surface area contributed by atoms with Gasteiger partial charge in [-0.1, -0.05) is 0 Å². The molecule has 2 aromatic rings. The van der Waals surface area contributed by atoms with E-state index in [1.807, 2.05) is 4.90 Å². The number of pyridine rings is 1. The van der Waals surface area contributed by atoms with E-state index < -0.39 is 41.2 Å². The summed E-state index contributed by atoms with van der Waals surface area (Å²) in [7, 11) is 0. The Morgan fingerprint density at radius 3 is 2.64 bits per heavy atom.